The number of para-hydroxylation sites is 1. The van der Waals surface area contributed by atoms with Crippen LogP contribution in [0.3, 0.4) is 0 Å². The number of nitrogens with one attached hydrogen (secondary N) is 3. The first-order chi connectivity index (χ1) is 22.3. The van der Waals surface area contributed by atoms with Gasteiger partial charge >= 0.3 is 6.03 Å². The Balaban J connectivity index is 1.16. The Labute approximate surface area is 268 Å². The zero-order valence-electron chi connectivity index (χ0n) is 26.4. The zero-order valence-corrected chi connectivity index (χ0v) is 26.4. The highest BCUT2D eigenvalue weighted by Crippen LogP contribution is 2.23. The van der Waals surface area contributed by atoms with Crippen molar-refractivity contribution < 1.29 is 28.7 Å². The van der Waals surface area contributed by atoms with E-state index in [1.165, 1.54) is 10.7 Å². The lowest BCUT2D eigenvalue weighted by atomic mass is 9.93. The molecule has 5 rings (SSSR count). The highest BCUT2D eigenvalue weighted by atomic mass is 16.5. The molecule has 0 bridgehead atoms. The maximum atomic E-state index is 13.2. The van der Waals surface area contributed by atoms with Gasteiger partial charge in [0.15, 0.2) is 12.3 Å². The van der Waals surface area contributed by atoms with Crippen LogP contribution >= 0.6 is 0 Å². The molecule has 3 aliphatic rings. The van der Waals surface area contributed by atoms with Crippen molar-refractivity contribution in [3.05, 3.63) is 42.1 Å². The number of nitrogens with zero attached hydrogens (tertiary/aromatic N) is 5. The molecule has 2 aromatic rings. The van der Waals surface area contributed by atoms with Crippen LogP contribution in [0.1, 0.15) is 62.4 Å². The van der Waals surface area contributed by atoms with Gasteiger partial charge in [0.1, 0.15) is 6.04 Å². The van der Waals surface area contributed by atoms with E-state index in [-0.39, 0.29) is 54.5 Å². The largest absolute Gasteiger partial charge is 0.467 e. The SMILES string of the molecule is CCCCNC(=O)N1CCN(C(=O)CNC(=O)c2cc(OCC(=O)N3CCC[C@H]3C(=O)NC3CCC3)n(-c3ccccc3)n2)CC1. The van der Waals surface area contributed by atoms with Crippen molar-refractivity contribution in [1.29, 1.82) is 0 Å². The van der Waals surface area contributed by atoms with Gasteiger partial charge in [0.2, 0.25) is 17.7 Å². The second kappa shape index (κ2) is 15.6. The molecule has 1 aromatic heterocycles. The van der Waals surface area contributed by atoms with E-state index in [0.717, 1.165) is 38.5 Å². The van der Waals surface area contributed by atoms with Gasteiger partial charge in [-0.25, -0.2) is 9.48 Å². The average Bonchev–Trinajstić information content (AvgIpc) is 3.73. The first kappa shape index (κ1) is 32.8. The van der Waals surface area contributed by atoms with Crippen molar-refractivity contribution >= 4 is 29.7 Å². The summed E-state index contributed by atoms with van der Waals surface area (Å²) in [4.78, 5) is 69.1. The zero-order chi connectivity index (χ0) is 32.5. The summed E-state index contributed by atoms with van der Waals surface area (Å²) in [7, 11) is 0. The minimum atomic E-state index is -0.569. The fourth-order valence-corrected chi connectivity index (χ4v) is 5.74. The Bertz CT molecular complexity index is 1390. The van der Waals surface area contributed by atoms with Crippen molar-refractivity contribution in [3.8, 4) is 11.6 Å². The van der Waals surface area contributed by atoms with Crippen molar-refractivity contribution in [1.82, 2.24) is 40.4 Å². The molecule has 2 saturated heterocycles. The van der Waals surface area contributed by atoms with Gasteiger partial charge in [-0.3, -0.25) is 19.2 Å². The molecule has 248 valence electrons. The number of hydrogen-bond donors (Lipinski definition) is 3. The minimum absolute atomic E-state index is 0.0200. The highest BCUT2D eigenvalue weighted by molar-refractivity contribution is 5.95. The quantitative estimate of drug-likeness (QED) is 0.296. The van der Waals surface area contributed by atoms with Gasteiger partial charge < -0.3 is 35.4 Å². The summed E-state index contributed by atoms with van der Waals surface area (Å²) in [5, 5.41) is 13.0. The lowest BCUT2D eigenvalue weighted by molar-refractivity contribution is -0.140. The number of carbonyl (C=O) groups excluding carboxylic acids is 5. The molecule has 14 nitrogen and oxygen atoms in total. The number of unbranched alkanes of at least 4 members (excludes halogenated alkanes) is 1. The number of urea groups is 1. The number of likely N-dealkylation sites (tertiary alicyclic amines) is 1. The molecule has 3 N–H and O–H groups in total. The summed E-state index contributed by atoms with van der Waals surface area (Å²) in [6.07, 6.45) is 6.31. The van der Waals surface area contributed by atoms with Crippen molar-refractivity contribution in [2.75, 3.05) is 52.4 Å². The number of benzene rings is 1. The maximum Gasteiger partial charge on any atom is 0.317 e. The van der Waals surface area contributed by atoms with Crippen LogP contribution in [-0.4, -0.2) is 119 Å². The third-order valence-electron chi connectivity index (χ3n) is 8.71. The van der Waals surface area contributed by atoms with Crippen LogP contribution < -0.4 is 20.7 Å². The second-order valence-electron chi connectivity index (χ2n) is 11.9. The third kappa shape index (κ3) is 8.15. The molecular weight excluding hydrogens is 592 g/mol. The summed E-state index contributed by atoms with van der Waals surface area (Å²) in [6, 6.07) is 10.0. The number of rotatable bonds is 12. The Hall–Kier alpha value is -4.62. The average molecular weight is 637 g/mol. The van der Waals surface area contributed by atoms with Crippen molar-refractivity contribution in [3.63, 3.8) is 0 Å². The number of aromatic nitrogens is 2. The summed E-state index contributed by atoms with van der Waals surface area (Å²) < 4.78 is 7.33. The van der Waals surface area contributed by atoms with E-state index in [9.17, 15) is 24.0 Å². The summed E-state index contributed by atoms with van der Waals surface area (Å²) in [5.41, 5.74) is 0.641. The number of carbonyl (C=O) groups is 5. The van der Waals surface area contributed by atoms with Crippen LogP contribution in [0, 0.1) is 0 Å². The molecule has 14 heteroatoms. The van der Waals surface area contributed by atoms with Crippen LogP contribution in [0.2, 0.25) is 0 Å². The predicted octanol–water partition coefficient (Wildman–Crippen LogP) is 1.29. The molecule has 1 saturated carbocycles. The van der Waals surface area contributed by atoms with Gasteiger partial charge in [-0.15, -0.1) is 0 Å². The molecule has 3 heterocycles. The first-order valence-corrected chi connectivity index (χ1v) is 16.3. The maximum absolute atomic E-state index is 13.2. The Morgan fingerprint density at radius 2 is 1.63 bits per heavy atom. The molecule has 1 aromatic carbocycles. The lowest BCUT2D eigenvalue weighted by Crippen LogP contribution is -2.54. The highest BCUT2D eigenvalue weighted by Gasteiger charge is 2.36. The third-order valence-corrected chi connectivity index (χ3v) is 8.71. The molecule has 0 radical (unpaired) electrons. The Morgan fingerprint density at radius 3 is 2.33 bits per heavy atom. The smallest absolute Gasteiger partial charge is 0.317 e. The van der Waals surface area contributed by atoms with Crippen LogP contribution in [0.5, 0.6) is 5.88 Å². The monoisotopic (exact) mass is 636 g/mol. The van der Waals surface area contributed by atoms with Gasteiger partial charge in [-0.2, -0.15) is 5.10 Å². The molecule has 6 amide bonds. The van der Waals surface area contributed by atoms with Crippen molar-refractivity contribution in [2.24, 2.45) is 0 Å². The van der Waals surface area contributed by atoms with Crippen LogP contribution in [0.25, 0.3) is 5.69 Å². The van der Waals surface area contributed by atoms with Gasteiger partial charge in [0.25, 0.3) is 11.8 Å². The first-order valence-electron chi connectivity index (χ1n) is 16.3. The number of ether oxygens (including phenoxy) is 1. The van der Waals surface area contributed by atoms with Crippen LogP contribution in [0.15, 0.2) is 36.4 Å². The van der Waals surface area contributed by atoms with Crippen LogP contribution in [0.4, 0.5) is 4.79 Å². The summed E-state index contributed by atoms with van der Waals surface area (Å²) in [6.45, 7) is 4.21. The molecule has 1 aliphatic carbocycles. The predicted molar refractivity (Wildman–Crippen MR) is 168 cm³/mol. The molecule has 1 atom stereocenters. The topological polar surface area (TPSA) is 158 Å². The van der Waals surface area contributed by atoms with E-state index in [2.05, 4.69) is 28.0 Å². The van der Waals surface area contributed by atoms with E-state index in [1.807, 2.05) is 18.2 Å². The number of hydrogen-bond acceptors (Lipinski definition) is 7. The van der Waals surface area contributed by atoms with Crippen LogP contribution in [-0.2, 0) is 14.4 Å². The van der Waals surface area contributed by atoms with E-state index < -0.39 is 11.9 Å². The summed E-state index contributed by atoms with van der Waals surface area (Å²) in [5.74, 6) is -1.08. The standard InChI is InChI=1S/C32H44N8O6/c1-2-3-14-33-32(45)38-18-16-37(17-19-38)27(41)21-34-30(43)25-20-29(40(36-25)24-11-5-4-6-12-24)46-22-28(42)39-15-8-13-26(39)31(44)35-23-9-7-10-23/h4-6,11-12,20,23,26H,2-3,7-10,13-19,21-22H2,1H3,(H,33,45)(H,34,43)(H,35,44)/t26-/m0/s1. The van der Waals surface area contributed by atoms with E-state index in [4.69, 9.17) is 4.74 Å². The molecule has 2 aliphatic heterocycles. The van der Waals surface area contributed by atoms with E-state index in [0.29, 0.717) is 51.4 Å². The fraction of sp³-hybridized carbons (Fsp3) is 0.562. The van der Waals surface area contributed by atoms with E-state index >= 15 is 0 Å². The van der Waals surface area contributed by atoms with Crippen molar-refractivity contribution in [2.45, 2.75) is 64.0 Å². The molecule has 0 unspecified atom stereocenters. The van der Waals surface area contributed by atoms with Gasteiger partial charge in [0.05, 0.1) is 12.2 Å². The Kier molecular flexibility index (Phi) is 11.1. The van der Waals surface area contributed by atoms with Gasteiger partial charge in [0, 0.05) is 51.4 Å². The number of piperazine rings is 1. The molecule has 46 heavy (non-hydrogen) atoms. The normalized spacial score (nSPS) is 18.1. The molecule has 3 fully saturated rings. The van der Waals surface area contributed by atoms with E-state index in [1.54, 1.807) is 26.8 Å². The lowest BCUT2D eigenvalue weighted by Gasteiger charge is -2.34. The second-order valence-corrected chi connectivity index (χ2v) is 11.9. The van der Waals surface area contributed by atoms with Gasteiger partial charge in [-0.1, -0.05) is 31.5 Å². The number of amides is 6. The summed E-state index contributed by atoms with van der Waals surface area (Å²) >= 11 is 0. The van der Waals surface area contributed by atoms with Gasteiger partial charge in [-0.05, 0) is 50.7 Å². The fourth-order valence-electron chi connectivity index (χ4n) is 5.74. The molecule has 0 spiro atoms. The minimum Gasteiger partial charge on any atom is -0.467 e. The molecular formula is C32H44N8O6. The Morgan fingerprint density at radius 1 is 0.891 bits per heavy atom.